The molecule has 0 atom stereocenters. The van der Waals surface area contributed by atoms with Gasteiger partial charge in [0.25, 0.3) is 0 Å². The van der Waals surface area contributed by atoms with Crippen LogP contribution in [0.4, 0.5) is 0 Å². The Hall–Kier alpha value is -0.883. The van der Waals surface area contributed by atoms with Crippen LogP contribution in [0.25, 0.3) is 0 Å². The fourth-order valence-corrected chi connectivity index (χ4v) is 5.79. The van der Waals surface area contributed by atoms with Gasteiger partial charge in [0.1, 0.15) is 11.4 Å². The van der Waals surface area contributed by atoms with Crippen molar-refractivity contribution in [1.29, 1.82) is 0 Å². The number of rotatable bonds is 9. The van der Waals surface area contributed by atoms with Crippen LogP contribution >= 0.6 is 0 Å². The minimum atomic E-state index is -3.09. The molecule has 0 aliphatic rings. The van der Waals surface area contributed by atoms with E-state index in [1.165, 1.54) is 5.56 Å². The standard InChI is InChI=1S/C21H38O4Si/c1-10-22-26(23-11-2,24-12-3)19-17(16-20(4,5)6)14-13-15-18(19)25-21(7,8)9/h13-15H,10-12,16H2,1-9H3. The summed E-state index contributed by atoms with van der Waals surface area (Å²) in [6, 6.07) is 6.20. The van der Waals surface area contributed by atoms with Crippen molar-refractivity contribution in [3.8, 4) is 5.75 Å². The van der Waals surface area contributed by atoms with Gasteiger partial charge in [0.2, 0.25) is 0 Å². The molecule has 0 heterocycles. The van der Waals surface area contributed by atoms with Crippen LogP contribution in [0.15, 0.2) is 18.2 Å². The molecule has 1 aromatic carbocycles. The first-order chi connectivity index (χ1) is 12.0. The van der Waals surface area contributed by atoms with E-state index >= 15 is 0 Å². The van der Waals surface area contributed by atoms with Gasteiger partial charge in [0, 0.05) is 19.8 Å². The molecule has 4 nitrogen and oxygen atoms in total. The minimum Gasteiger partial charge on any atom is -0.488 e. The second-order valence-corrected chi connectivity index (χ2v) is 11.1. The quantitative estimate of drug-likeness (QED) is 0.580. The molecule has 0 aliphatic heterocycles. The second-order valence-electron chi connectivity index (χ2n) is 8.60. The van der Waals surface area contributed by atoms with Gasteiger partial charge in [0.05, 0.1) is 5.19 Å². The maximum Gasteiger partial charge on any atom is 0.541 e. The van der Waals surface area contributed by atoms with E-state index < -0.39 is 8.80 Å². The normalized spacial score (nSPS) is 13.1. The Kier molecular flexibility index (Phi) is 8.33. The molecule has 0 saturated carbocycles. The minimum absolute atomic E-state index is 0.125. The van der Waals surface area contributed by atoms with Gasteiger partial charge in [-0.3, -0.25) is 0 Å². The Morgan fingerprint density at radius 3 is 1.69 bits per heavy atom. The number of ether oxygens (including phenoxy) is 1. The van der Waals surface area contributed by atoms with E-state index in [2.05, 4.69) is 53.7 Å². The molecule has 1 aromatic rings. The second kappa shape index (κ2) is 9.35. The summed E-state index contributed by atoms with van der Waals surface area (Å²) in [5.74, 6) is 0.807. The molecule has 0 N–H and O–H groups in total. The van der Waals surface area contributed by atoms with Gasteiger partial charge in [-0.2, -0.15) is 0 Å². The monoisotopic (exact) mass is 382 g/mol. The summed E-state index contributed by atoms with van der Waals surface area (Å²) in [5.41, 5.74) is 0.987. The van der Waals surface area contributed by atoms with Crippen LogP contribution in [0.1, 0.15) is 67.9 Å². The zero-order valence-electron chi connectivity index (χ0n) is 18.2. The van der Waals surface area contributed by atoms with Crippen LogP contribution in [0.3, 0.4) is 0 Å². The average molecular weight is 383 g/mol. The van der Waals surface area contributed by atoms with Crippen LogP contribution in [0, 0.1) is 5.41 Å². The lowest BCUT2D eigenvalue weighted by Crippen LogP contribution is -2.59. The maximum atomic E-state index is 6.33. The smallest absolute Gasteiger partial charge is 0.488 e. The van der Waals surface area contributed by atoms with E-state index in [1.807, 2.05) is 26.8 Å². The van der Waals surface area contributed by atoms with Gasteiger partial charge in [-0.25, -0.2) is 0 Å². The van der Waals surface area contributed by atoms with Crippen molar-refractivity contribution in [2.24, 2.45) is 5.41 Å². The number of hydrogen-bond acceptors (Lipinski definition) is 4. The average Bonchev–Trinajstić information content (AvgIpc) is 2.44. The molecule has 0 radical (unpaired) electrons. The highest BCUT2D eigenvalue weighted by atomic mass is 28.4. The molecule has 26 heavy (non-hydrogen) atoms. The summed E-state index contributed by atoms with van der Waals surface area (Å²) >= 11 is 0. The van der Waals surface area contributed by atoms with Gasteiger partial charge in [-0.1, -0.05) is 32.9 Å². The Bertz CT molecular complexity index is 507. The lowest BCUT2D eigenvalue weighted by molar-refractivity contribution is 0.0827. The predicted molar refractivity (Wildman–Crippen MR) is 110 cm³/mol. The molecule has 0 amide bonds. The maximum absolute atomic E-state index is 6.33. The van der Waals surface area contributed by atoms with Crippen LogP contribution < -0.4 is 9.92 Å². The Morgan fingerprint density at radius 1 is 0.808 bits per heavy atom. The van der Waals surface area contributed by atoms with E-state index in [-0.39, 0.29) is 11.0 Å². The van der Waals surface area contributed by atoms with E-state index in [4.69, 9.17) is 18.0 Å². The third kappa shape index (κ3) is 6.69. The van der Waals surface area contributed by atoms with Crippen LogP contribution in [-0.2, 0) is 19.7 Å². The molecule has 5 heteroatoms. The molecule has 0 fully saturated rings. The fourth-order valence-electron chi connectivity index (χ4n) is 2.97. The molecule has 0 saturated heterocycles. The van der Waals surface area contributed by atoms with Gasteiger partial charge in [-0.05, 0) is 65.0 Å². The van der Waals surface area contributed by atoms with Crippen LogP contribution in [0.2, 0.25) is 0 Å². The zero-order chi connectivity index (χ0) is 20.0. The molecule has 0 aliphatic carbocycles. The first-order valence-electron chi connectivity index (χ1n) is 9.71. The highest BCUT2D eigenvalue weighted by molar-refractivity contribution is 6.76. The molecule has 0 spiro atoms. The molecule has 0 aromatic heterocycles. The molecule has 0 unspecified atom stereocenters. The van der Waals surface area contributed by atoms with Gasteiger partial charge < -0.3 is 18.0 Å². The predicted octanol–water partition coefficient (Wildman–Crippen LogP) is 4.71. The van der Waals surface area contributed by atoms with Crippen molar-refractivity contribution in [2.45, 2.75) is 74.3 Å². The largest absolute Gasteiger partial charge is 0.541 e. The lowest BCUT2D eigenvalue weighted by Gasteiger charge is -2.34. The van der Waals surface area contributed by atoms with Crippen molar-refractivity contribution in [3.05, 3.63) is 23.8 Å². The highest BCUT2D eigenvalue weighted by Crippen LogP contribution is 2.28. The topological polar surface area (TPSA) is 36.9 Å². The molecule has 1 rings (SSSR count). The highest BCUT2D eigenvalue weighted by Gasteiger charge is 2.48. The molecule has 150 valence electrons. The van der Waals surface area contributed by atoms with Crippen molar-refractivity contribution >= 4 is 14.0 Å². The Balaban J connectivity index is 3.66. The zero-order valence-corrected chi connectivity index (χ0v) is 19.2. The van der Waals surface area contributed by atoms with Crippen molar-refractivity contribution < 1.29 is 18.0 Å². The van der Waals surface area contributed by atoms with Gasteiger partial charge >= 0.3 is 8.80 Å². The molecular weight excluding hydrogens is 344 g/mol. The van der Waals surface area contributed by atoms with Crippen LogP contribution in [0.5, 0.6) is 5.75 Å². The third-order valence-electron chi connectivity index (χ3n) is 3.56. The van der Waals surface area contributed by atoms with Crippen molar-refractivity contribution in [2.75, 3.05) is 19.8 Å². The lowest BCUT2D eigenvalue weighted by atomic mass is 9.88. The van der Waals surface area contributed by atoms with E-state index in [9.17, 15) is 0 Å². The molecular formula is C21H38O4Si. The van der Waals surface area contributed by atoms with Gasteiger partial charge in [0.15, 0.2) is 0 Å². The Labute approximate surface area is 161 Å². The first kappa shape index (κ1) is 23.2. The first-order valence-corrected chi connectivity index (χ1v) is 11.4. The fraction of sp³-hybridized carbons (Fsp3) is 0.714. The Morgan fingerprint density at radius 2 is 1.31 bits per heavy atom. The molecule has 0 bridgehead atoms. The summed E-state index contributed by atoms with van der Waals surface area (Å²) in [6.45, 7) is 20.4. The van der Waals surface area contributed by atoms with Crippen LogP contribution in [-0.4, -0.2) is 34.2 Å². The summed E-state index contributed by atoms with van der Waals surface area (Å²) < 4.78 is 25.0. The SMILES string of the molecule is CCO[Si](OCC)(OCC)c1c(CC(C)(C)C)cccc1OC(C)(C)C. The van der Waals surface area contributed by atoms with Crippen molar-refractivity contribution in [1.82, 2.24) is 0 Å². The van der Waals surface area contributed by atoms with Gasteiger partial charge in [-0.15, -0.1) is 0 Å². The van der Waals surface area contributed by atoms with E-state index in [0.717, 1.165) is 17.4 Å². The third-order valence-corrected chi connectivity index (χ3v) is 6.74. The number of benzene rings is 1. The summed E-state index contributed by atoms with van der Waals surface area (Å²) in [6.07, 6.45) is 0.894. The van der Waals surface area contributed by atoms with E-state index in [0.29, 0.717) is 19.8 Å². The van der Waals surface area contributed by atoms with E-state index in [1.54, 1.807) is 0 Å². The summed E-state index contributed by atoms with van der Waals surface area (Å²) in [5, 5.41) is 0.982. The summed E-state index contributed by atoms with van der Waals surface area (Å²) in [4.78, 5) is 0. The van der Waals surface area contributed by atoms with Crippen molar-refractivity contribution in [3.63, 3.8) is 0 Å². The summed E-state index contributed by atoms with van der Waals surface area (Å²) in [7, 11) is -3.09. The number of hydrogen-bond donors (Lipinski definition) is 0.